The molecule has 0 atom stereocenters. The molecule has 0 bridgehead atoms. The van der Waals surface area contributed by atoms with E-state index in [4.69, 9.17) is 4.74 Å². The van der Waals surface area contributed by atoms with E-state index in [9.17, 15) is 9.18 Å². The third-order valence-corrected chi connectivity index (χ3v) is 4.78. The molecule has 28 heavy (non-hydrogen) atoms. The second kappa shape index (κ2) is 8.12. The number of carbonyl (C=O) groups excluding carboxylic acids is 1. The highest BCUT2D eigenvalue weighted by molar-refractivity contribution is 5.93. The van der Waals surface area contributed by atoms with Crippen molar-refractivity contribution in [3.8, 4) is 11.6 Å². The molecule has 1 saturated heterocycles. The van der Waals surface area contributed by atoms with Gasteiger partial charge in [0.2, 0.25) is 5.88 Å². The lowest BCUT2D eigenvalue weighted by molar-refractivity contribution is 0.0711. The molecule has 0 N–H and O–H groups in total. The predicted octanol–water partition coefficient (Wildman–Crippen LogP) is 3.82. The van der Waals surface area contributed by atoms with Crippen LogP contribution in [0.4, 0.5) is 4.39 Å². The number of piperidine rings is 1. The van der Waals surface area contributed by atoms with E-state index in [0.29, 0.717) is 30.3 Å². The van der Waals surface area contributed by atoms with Crippen LogP contribution in [0.15, 0.2) is 61.2 Å². The summed E-state index contributed by atoms with van der Waals surface area (Å²) in [4.78, 5) is 27.2. The zero-order chi connectivity index (χ0) is 19.3. The lowest BCUT2D eigenvalue weighted by Gasteiger charge is -2.32. The van der Waals surface area contributed by atoms with Crippen LogP contribution in [-0.2, 0) is 0 Å². The first-order chi connectivity index (χ1) is 13.7. The highest BCUT2D eigenvalue weighted by Crippen LogP contribution is 2.33. The molecule has 2 aromatic heterocycles. The van der Waals surface area contributed by atoms with E-state index < -0.39 is 0 Å². The normalized spacial score (nSPS) is 14.7. The van der Waals surface area contributed by atoms with Crippen LogP contribution < -0.4 is 4.74 Å². The van der Waals surface area contributed by atoms with Crippen LogP contribution in [0.2, 0.25) is 0 Å². The average Bonchev–Trinajstić information content (AvgIpc) is 2.74. The monoisotopic (exact) mass is 378 g/mol. The van der Waals surface area contributed by atoms with Gasteiger partial charge in [0.25, 0.3) is 5.91 Å². The fourth-order valence-corrected chi connectivity index (χ4v) is 3.36. The number of likely N-dealkylation sites (tertiary alicyclic amines) is 1. The van der Waals surface area contributed by atoms with E-state index in [1.807, 2.05) is 4.90 Å². The average molecular weight is 378 g/mol. The molecule has 0 aliphatic carbocycles. The molecule has 1 amide bonds. The number of rotatable bonds is 4. The summed E-state index contributed by atoms with van der Waals surface area (Å²) in [5.74, 6) is 0.498. The number of hydrogen-bond acceptors (Lipinski definition) is 5. The minimum Gasteiger partial charge on any atom is -0.437 e. The Morgan fingerprint density at radius 1 is 1.07 bits per heavy atom. The molecule has 0 radical (unpaired) electrons. The number of nitrogens with zero attached hydrogens (tertiary/aromatic N) is 4. The third kappa shape index (κ3) is 3.98. The Hall–Kier alpha value is -3.35. The SMILES string of the molecule is O=C(c1cccnc1)N1CCC(c2nccnc2Oc2cccc(F)c2)CC1. The molecule has 1 aromatic carbocycles. The Balaban J connectivity index is 1.46. The van der Waals surface area contributed by atoms with Crippen LogP contribution in [0, 0.1) is 5.82 Å². The summed E-state index contributed by atoms with van der Waals surface area (Å²) in [6.45, 7) is 1.24. The van der Waals surface area contributed by atoms with E-state index in [1.165, 1.54) is 12.1 Å². The van der Waals surface area contributed by atoms with Crippen molar-refractivity contribution in [2.24, 2.45) is 0 Å². The standard InChI is InChI=1S/C21H19FN4O2/c22-17-4-1-5-18(13-17)28-20-19(24-9-10-25-20)15-6-11-26(12-7-15)21(27)16-3-2-8-23-14-16/h1-5,8-10,13-15H,6-7,11-12H2. The summed E-state index contributed by atoms with van der Waals surface area (Å²) in [5.41, 5.74) is 1.33. The molecule has 142 valence electrons. The van der Waals surface area contributed by atoms with Gasteiger partial charge >= 0.3 is 0 Å². The summed E-state index contributed by atoms with van der Waals surface area (Å²) in [5, 5.41) is 0. The number of halogens is 1. The Labute approximate surface area is 162 Å². The lowest BCUT2D eigenvalue weighted by atomic mass is 9.93. The van der Waals surface area contributed by atoms with Gasteiger partial charge in [-0.05, 0) is 37.1 Å². The second-order valence-electron chi connectivity index (χ2n) is 6.61. The molecule has 3 aromatic rings. The van der Waals surface area contributed by atoms with Crippen molar-refractivity contribution in [2.75, 3.05) is 13.1 Å². The van der Waals surface area contributed by atoms with Gasteiger partial charge in [0.15, 0.2) is 0 Å². The zero-order valence-electron chi connectivity index (χ0n) is 15.2. The Kier molecular flexibility index (Phi) is 5.23. The van der Waals surface area contributed by atoms with Crippen molar-refractivity contribution in [2.45, 2.75) is 18.8 Å². The first kappa shape index (κ1) is 18.0. The van der Waals surface area contributed by atoms with Crippen LogP contribution >= 0.6 is 0 Å². The Morgan fingerprint density at radius 2 is 1.89 bits per heavy atom. The van der Waals surface area contributed by atoms with Gasteiger partial charge in [-0.25, -0.2) is 9.37 Å². The van der Waals surface area contributed by atoms with Crippen molar-refractivity contribution in [3.05, 3.63) is 78.3 Å². The van der Waals surface area contributed by atoms with Crippen molar-refractivity contribution in [3.63, 3.8) is 0 Å². The summed E-state index contributed by atoms with van der Waals surface area (Å²) >= 11 is 0. The van der Waals surface area contributed by atoms with Gasteiger partial charge in [-0.15, -0.1) is 0 Å². The first-order valence-corrected chi connectivity index (χ1v) is 9.14. The number of pyridine rings is 1. The molecule has 0 unspecified atom stereocenters. The highest BCUT2D eigenvalue weighted by Gasteiger charge is 2.28. The summed E-state index contributed by atoms with van der Waals surface area (Å²) in [6.07, 6.45) is 7.92. The van der Waals surface area contributed by atoms with Crippen LogP contribution in [0.3, 0.4) is 0 Å². The minimum absolute atomic E-state index is 0.0121. The van der Waals surface area contributed by atoms with Crippen LogP contribution in [0.1, 0.15) is 34.8 Å². The quantitative estimate of drug-likeness (QED) is 0.690. The third-order valence-electron chi connectivity index (χ3n) is 4.78. The maximum atomic E-state index is 13.4. The minimum atomic E-state index is -0.370. The van der Waals surface area contributed by atoms with Crippen LogP contribution in [0.5, 0.6) is 11.6 Å². The number of carbonyl (C=O) groups is 1. The smallest absolute Gasteiger partial charge is 0.255 e. The van der Waals surface area contributed by atoms with Crippen molar-refractivity contribution >= 4 is 5.91 Å². The molecule has 1 aliphatic rings. The number of hydrogen-bond donors (Lipinski definition) is 0. The topological polar surface area (TPSA) is 68.2 Å². The fraction of sp³-hybridized carbons (Fsp3) is 0.238. The van der Waals surface area contributed by atoms with Crippen molar-refractivity contribution in [1.82, 2.24) is 19.9 Å². The second-order valence-corrected chi connectivity index (χ2v) is 6.61. The zero-order valence-corrected chi connectivity index (χ0v) is 15.2. The maximum Gasteiger partial charge on any atom is 0.255 e. The molecule has 3 heterocycles. The largest absolute Gasteiger partial charge is 0.437 e. The van der Waals surface area contributed by atoms with Gasteiger partial charge in [-0.2, -0.15) is 0 Å². The lowest BCUT2D eigenvalue weighted by Crippen LogP contribution is -2.38. The highest BCUT2D eigenvalue weighted by atomic mass is 19.1. The van der Waals surface area contributed by atoms with Gasteiger partial charge in [-0.3, -0.25) is 14.8 Å². The Morgan fingerprint density at radius 3 is 2.64 bits per heavy atom. The summed E-state index contributed by atoms with van der Waals surface area (Å²) < 4.78 is 19.2. The van der Waals surface area contributed by atoms with E-state index in [-0.39, 0.29) is 17.6 Å². The molecule has 0 spiro atoms. The van der Waals surface area contributed by atoms with E-state index in [1.54, 1.807) is 49.1 Å². The van der Waals surface area contributed by atoms with Gasteiger partial charge in [0.05, 0.1) is 5.56 Å². The molecule has 4 rings (SSSR count). The van der Waals surface area contributed by atoms with Crippen molar-refractivity contribution < 1.29 is 13.9 Å². The summed E-state index contributed by atoms with van der Waals surface area (Å²) in [6, 6.07) is 9.47. The van der Waals surface area contributed by atoms with E-state index in [0.717, 1.165) is 18.5 Å². The van der Waals surface area contributed by atoms with Crippen molar-refractivity contribution in [1.29, 1.82) is 0 Å². The molecule has 0 saturated carbocycles. The fourth-order valence-electron chi connectivity index (χ4n) is 3.36. The van der Waals surface area contributed by atoms with E-state index in [2.05, 4.69) is 15.0 Å². The first-order valence-electron chi connectivity index (χ1n) is 9.14. The predicted molar refractivity (Wildman–Crippen MR) is 101 cm³/mol. The number of amides is 1. The molecule has 1 aliphatic heterocycles. The molecule has 1 fully saturated rings. The maximum absolute atomic E-state index is 13.4. The van der Waals surface area contributed by atoms with Crippen LogP contribution in [-0.4, -0.2) is 38.8 Å². The molecule has 7 heteroatoms. The van der Waals surface area contributed by atoms with E-state index >= 15 is 0 Å². The number of aromatic nitrogens is 3. The summed E-state index contributed by atoms with van der Waals surface area (Å²) in [7, 11) is 0. The number of benzene rings is 1. The van der Waals surface area contributed by atoms with Gasteiger partial charge in [0.1, 0.15) is 17.3 Å². The van der Waals surface area contributed by atoms with Gasteiger partial charge in [-0.1, -0.05) is 6.07 Å². The number of ether oxygens (including phenoxy) is 1. The van der Waals surface area contributed by atoms with Gasteiger partial charge in [0, 0.05) is 49.9 Å². The molecular formula is C21H19FN4O2. The Bertz CT molecular complexity index is 959. The van der Waals surface area contributed by atoms with Crippen LogP contribution in [0.25, 0.3) is 0 Å². The van der Waals surface area contributed by atoms with Gasteiger partial charge < -0.3 is 9.64 Å². The molecular weight excluding hydrogens is 359 g/mol. The molecule has 6 nitrogen and oxygen atoms in total.